The number of hydrogen-bond acceptors (Lipinski definition) is 9. The average molecular weight is 776 g/mol. The van der Waals surface area contributed by atoms with Gasteiger partial charge < -0.3 is 30.4 Å². The average Bonchev–Trinajstić information content (AvgIpc) is 3.94. The minimum atomic E-state index is -0.689. The van der Waals surface area contributed by atoms with E-state index >= 15 is 4.39 Å². The fraction of sp³-hybridized carbons (Fsp3) is 0.275. The van der Waals surface area contributed by atoms with Gasteiger partial charge in [-0.05, 0) is 76.2 Å². The predicted molar refractivity (Wildman–Crippen MR) is 213 cm³/mol. The third kappa shape index (κ3) is 7.31. The van der Waals surface area contributed by atoms with Gasteiger partial charge in [0.1, 0.15) is 28.3 Å². The summed E-state index contributed by atoms with van der Waals surface area (Å²) in [5.74, 6) is -1.81. The van der Waals surface area contributed by atoms with E-state index < -0.39 is 23.5 Å². The number of halogens is 1. The lowest BCUT2D eigenvalue weighted by molar-refractivity contribution is 0.0992. The van der Waals surface area contributed by atoms with Crippen molar-refractivity contribution in [3.8, 4) is 17.1 Å². The monoisotopic (exact) mass is 775 g/mol. The van der Waals surface area contributed by atoms with Gasteiger partial charge in [0.05, 0.1) is 34.7 Å². The van der Waals surface area contributed by atoms with Crippen molar-refractivity contribution >= 4 is 56.6 Å². The van der Waals surface area contributed by atoms with Gasteiger partial charge in [-0.15, -0.1) is 0 Å². The van der Waals surface area contributed by atoms with E-state index in [2.05, 4.69) is 15.5 Å². The van der Waals surface area contributed by atoms with Crippen molar-refractivity contribution in [1.29, 1.82) is 0 Å². The lowest BCUT2D eigenvalue weighted by Crippen LogP contribution is -2.20. The Hall–Kier alpha value is -6.88. The SMILES string of the molecule is CCn1nc(C)cc1C(=O)Nc1nc2cc(C(N)=O)cc(OCCCO)c2n1C/C=C/Cn1c2ccc(C(N)=O)cc2c2cc(F)c(-c3cc(C)nn3CC)nc21. The number of aliphatic hydroxyl groups is 1. The third-order valence-electron chi connectivity index (χ3n) is 9.57. The summed E-state index contributed by atoms with van der Waals surface area (Å²) in [4.78, 5) is 47.7. The molecule has 5 aromatic heterocycles. The normalized spacial score (nSPS) is 11.8. The zero-order chi connectivity index (χ0) is 40.5. The summed E-state index contributed by atoms with van der Waals surface area (Å²) in [6.45, 7) is 8.90. The van der Waals surface area contributed by atoms with Crippen LogP contribution in [0.15, 0.2) is 60.7 Å². The highest BCUT2D eigenvalue weighted by atomic mass is 19.1. The Morgan fingerprint density at radius 2 is 1.56 bits per heavy atom. The van der Waals surface area contributed by atoms with Crippen LogP contribution in [-0.2, 0) is 26.2 Å². The molecule has 0 aliphatic heterocycles. The molecule has 0 aliphatic rings. The molecule has 2 aromatic carbocycles. The number of ether oxygens (including phenoxy) is 1. The van der Waals surface area contributed by atoms with Gasteiger partial charge in [0, 0.05) is 61.1 Å². The van der Waals surface area contributed by atoms with E-state index in [0.717, 1.165) is 5.69 Å². The third-order valence-corrected chi connectivity index (χ3v) is 9.57. The van der Waals surface area contributed by atoms with Crippen molar-refractivity contribution < 1.29 is 28.6 Å². The highest BCUT2D eigenvalue weighted by Gasteiger charge is 2.23. The van der Waals surface area contributed by atoms with Crippen LogP contribution in [-0.4, -0.2) is 74.7 Å². The number of carbonyl (C=O) groups excluding carboxylic acids is 3. The zero-order valence-corrected chi connectivity index (χ0v) is 31.9. The smallest absolute Gasteiger partial charge is 0.276 e. The number of benzene rings is 2. The second kappa shape index (κ2) is 15.7. The number of primary amides is 2. The maximum absolute atomic E-state index is 15.9. The largest absolute Gasteiger partial charge is 0.491 e. The molecule has 0 bridgehead atoms. The van der Waals surface area contributed by atoms with Gasteiger partial charge in [0.2, 0.25) is 17.8 Å². The summed E-state index contributed by atoms with van der Waals surface area (Å²) in [7, 11) is 0. The molecule has 16 nitrogen and oxygen atoms in total. The van der Waals surface area contributed by atoms with E-state index in [1.807, 2.05) is 37.5 Å². The number of nitrogens with one attached hydrogen (secondary N) is 1. The van der Waals surface area contributed by atoms with E-state index in [4.69, 9.17) is 26.2 Å². The van der Waals surface area contributed by atoms with Crippen LogP contribution in [0.2, 0.25) is 0 Å². The Bertz CT molecular complexity index is 2740. The van der Waals surface area contributed by atoms with Gasteiger partial charge in [-0.3, -0.25) is 29.1 Å². The molecule has 6 N–H and O–H groups in total. The van der Waals surface area contributed by atoms with Gasteiger partial charge >= 0.3 is 0 Å². The molecule has 0 atom stereocenters. The first kappa shape index (κ1) is 38.4. The second-order valence-electron chi connectivity index (χ2n) is 13.5. The number of fused-ring (bicyclic) bond motifs is 4. The number of nitrogens with two attached hydrogens (primary N) is 2. The number of nitrogens with zero attached hydrogens (tertiary/aromatic N) is 8. The topological polar surface area (TPSA) is 216 Å². The molecule has 17 heteroatoms. The van der Waals surface area contributed by atoms with Gasteiger partial charge in [-0.2, -0.15) is 10.2 Å². The maximum atomic E-state index is 15.9. The van der Waals surface area contributed by atoms with Gasteiger partial charge in [0.15, 0.2) is 5.82 Å². The molecular weight excluding hydrogens is 734 g/mol. The Morgan fingerprint density at radius 1 is 0.860 bits per heavy atom. The first-order valence-electron chi connectivity index (χ1n) is 18.5. The van der Waals surface area contributed by atoms with Crippen LogP contribution in [0.3, 0.4) is 0 Å². The van der Waals surface area contributed by atoms with Crippen molar-refractivity contribution in [3.63, 3.8) is 0 Å². The van der Waals surface area contributed by atoms with Crippen molar-refractivity contribution in [2.45, 2.75) is 60.3 Å². The maximum Gasteiger partial charge on any atom is 0.276 e. The summed E-state index contributed by atoms with van der Waals surface area (Å²) in [6, 6.07) is 12.9. The molecule has 0 saturated heterocycles. The van der Waals surface area contributed by atoms with E-state index in [9.17, 15) is 19.5 Å². The number of allylic oxidation sites excluding steroid dienone is 2. The van der Waals surface area contributed by atoms with Crippen LogP contribution >= 0.6 is 0 Å². The number of hydrogen-bond donors (Lipinski definition) is 4. The summed E-state index contributed by atoms with van der Waals surface area (Å²) >= 11 is 0. The van der Waals surface area contributed by atoms with E-state index in [1.54, 1.807) is 51.2 Å². The van der Waals surface area contributed by atoms with E-state index in [-0.39, 0.29) is 49.1 Å². The Morgan fingerprint density at radius 3 is 2.26 bits per heavy atom. The van der Waals surface area contributed by atoms with Crippen molar-refractivity contribution in [1.82, 2.24) is 38.7 Å². The molecule has 0 aliphatic carbocycles. The highest BCUT2D eigenvalue weighted by Crippen LogP contribution is 2.34. The molecule has 5 heterocycles. The zero-order valence-electron chi connectivity index (χ0n) is 31.9. The molecule has 7 rings (SSSR count). The Balaban J connectivity index is 1.32. The number of aryl methyl sites for hydroxylation is 4. The summed E-state index contributed by atoms with van der Waals surface area (Å²) in [6.07, 6.45) is 4.09. The lowest BCUT2D eigenvalue weighted by Gasteiger charge is -2.13. The van der Waals surface area contributed by atoms with Crippen LogP contribution in [0.25, 0.3) is 44.4 Å². The molecule has 294 valence electrons. The Kier molecular flexibility index (Phi) is 10.6. The quantitative estimate of drug-likeness (QED) is 0.0825. The first-order valence-corrected chi connectivity index (χ1v) is 18.5. The van der Waals surface area contributed by atoms with E-state index in [1.165, 1.54) is 18.2 Å². The highest BCUT2D eigenvalue weighted by molar-refractivity contribution is 6.10. The van der Waals surface area contributed by atoms with Gasteiger partial charge in [0.25, 0.3) is 5.91 Å². The lowest BCUT2D eigenvalue weighted by atomic mass is 10.1. The number of carbonyl (C=O) groups is 3. The minimum absolute atomic E-state index is 0.107. The van der Waals surface area contributed by atoms with Crippen LogP contribution in [0, 0.1) is 19.7 Å². The molecular formula is C40H42FN11O5. The van der Waals surface area contributed by atoms with Crippen molar-refractivity contribution in [3.05, 3.63) is 94.7 Å². The summed E-state index contributed by atoms with van der Waals surface area (Å²) < 4.78 is 28.9. The number of amides is 3. The number of aromatic nitrogens is 8. The van der Waals surface area contributed by atoms with Crippen molar-refractivity contribution in [2.24, 2.45) is 11.5 Å². The first-order chi connectivity index (χ1) is 27.4. The number of anilines is 1. The molecule has 57 heavy (non-hydrogen) atoms. The molecule has 7 aromatic rings. The molecule has 3 amide bonds. The van der Waals surface area contributed by atoms with Crippen LogP contribution in [0.5, 0.6) is 5.75 Å². The number of imidazole rings is 1. The van der Waals surface area contributed by atoms with Crippen LogP contribution in [0.1, 0.15) is 62.9 Å². The summed E-state index contributed by atoms with van der Waals surface area (Å²) in [5, 5.41) is 22.3. The fourth-order valence-electron chi connectivity index (χ4n) is 6.98. The standard InChI is InChI=1S/C40H42FN11O5/c1-5-51-31(16-22(3)47-51)34-28(41)21-27-26-18-24(36(42)54)10-11-30(26)49(38(27)45-34)12-7-8-13-50-35-29(19-25(37(43)55)20-33(35)57-15-9-14-53)44-40(50)46-39(56)32-17-23(4)48-52(32)6-2/h7-8,10-11,16-21,53H,5-6,9,12-15H2,1-4H3,(H2,42,54)(H2,43,55)(H,44,46,56)/b8-7+. The van der Waals surface area contributed by atoms with Gasteiger partial charge in [-0.1, -0.05) is 12.2 Å². The van der Waals surface area contributed by atoms with Crippen molar-refractivity contribution in [2.75, 3.05) is 18.5 Å². The molecule has 0 spiro atoms. The second-order valence-corrected chi connectivity index (χ2v) is 13.5. The molecule has 0 radical (unpaired) electrons. The Labute approximate surface area is 325 Å². The van der Waals surface area contributed by atoms with E-state index in [0.29, 0.717) is 75.3 Å². The number of aliphatic hydroxyl groups excluding tert-OH is 1. The van der Waals surface area contributed by atoms with Gasteiger partial charge in [-0.25, -0.2) is 14.4 Å². The predicted octanol–water partition coefficient (Wildman–Crippen LogP) is 4.86. The van der Waals surface area contributed by atoms with Crippen LogP contribution in [0.4, 0.5) is 10.3 Å². The molecule has 0 fully saturated rings. The number of rotatable bonds is 15. The molecule has 0 unspecified atom stereocenters. The molecule has 0 saturated carbocycles. The summed E-state index contributed by atoms with van der Waals surface area (Å²) in [5.41, 5.74) is 16.2. The fourth-order valence-corrected chi connectivity index (χ4v) is 6.98. The van der Waals surface area contributed by atoms with Crippen LogP contribution < -0.4 is 21.5 Å². The number of pyridine rings is 1. The minimum Gasteiger partial charge on any atom is -0.491 e.